The van der Waals surface area contributed by atoms with Crippen molar-refractivity contribution >= 4 is 0 Å². The van der Waals surface area contributed by atoms with E-state index in [0.717, 1.165) is 5.92 Å². The normalized spacial score (nSPS) is 28.9. The molecule has 0 aromatic heterocycles. The molecule has 0 aromatic carbocycles. The standard InChI is InChI=1S/C15H29N/c1-15(2)9-6-11-16(12-10-15)13-14-7-4-3-5-8-14/h14H,3-13H2,1-2H3. The number of likely N-dealkylation sites (tertiary alicyclic amines) is 1. The molecule has 0 atom stereocenters. The van der Waals surface area contributed by atoms with Crippen molar-refractivity contribution in [1.29, 1.82) is 0 Å². The Kier molecular flexibility index (Phi) is 4.29. The number of rotatable bonds is 2. The van der Waals surface area contributed by atoms with E-state index in [-0.39, 0.29) is 0 Å². The van der Waals surface area contributed by atoms with Crippen LogP contribution in [0.5, 0.6) is 0 Å². The topological polar surface area (TPSA) is 3.24 Å². The van der Waals surface area contributed by atoms with Gasteiger partial charge in [0.05, 0.1) is 0 Å². The maximum Gasteiger partial charge on any atom is 0.000966 e. The minimum atomic E-state index is 0.599. The summed E-state index contributed by atoms with van der Waals surface area (Å²) in [6.07, 6.45) is 11.7. The molecule has 0 radical (unpaired) electrons. The molecule has 1 nitrogen and oxygen atoms in total. The highest BCUT2D eigenvalue weighted by Gasteiger charge is 2.24. The summed E-state index contributed by atoms with van der Waals surface area (Å²) in [5.74, 6) is 1.02. The highest BCUT2D eigenvalue weighted by molar-refractivity contribution is 4.78. The lowest BCUT2D eigenvalue weighted by Crippen LogP contribution is -2.31. The van der Waals surface area contributed by atoms with E-state index in [4.69, 9.17) is 0 Å². The average Bonchev–Trinajstić information content (AvgIpc) is 2.42. The van der Waals surface area contributed by atoms with Gasteiger partial charge < -0.3 is 4.90 Å². The van der Waals surface area contributed by atoms with Crippen molar-refractivity contribution in [2.75, 3.05) is 19.6 Å². The summed E-state index contributed by atoms with van der Waals surface area (Å²) in [5, 5.41) is 0. The Morgan fingerprint density at radius 2 is 1.69 bits per heavy atom. The molecule has 0 unspecified atom stereocenters. The maximum atomic E-state index is 2.75. The zero-order valence-corrected chi connectivity index (χ0v) is 11.3. The number of hydrogen-bond acceptors (Lipinski definition) is 1. The third kappa shape index (κ3) is 3.76. The first kappa shape index (κ1) is 12.4. The lowest BCUT2D eigenvalue weighted by Gasteiger charge is -2.29. The molecule has 2 aliphatic rings. The van der Waals surface area contributed by atoms with Crippen LogP contribution in [-0.4, -0.2) is 24.5 Å². The van der Waals surface area contributed by atoms with Gasteiger partial charge in [0.2, 0.25) is 0 Å². The lowest BCUT2D eigenvalue weighted by molar-refractivity contribution is 0.199. The van der Waals surface area contributed by atoms with E-state index >= 15 is 0 Å². The van der Waals surface area contributed by atoms with Crippen molar-refractivity contribution in [2.24, 2.45) is 11.3 Å². The summed E-state index contributed by atoms with van der Waals surface area (Å²) in [6.45, 7) is 8.99. The molecule has 1 aliphatic heterocycles. The summed E-state index contributed by atoms with van der Waals surface area (Å²) >= 11 is 0. The summed E-state index contributed by atoms with van der Waals surface area (Å²) in [6, 6.07) is 0. The zero-order valence-electron chi connectivity index (χ0n) is 11.3. The second-order valence-electron chi connectivity index (χ2n) is 6.82. The molecule has 1 heterocycles. The SMILES string of the molecule is CC1(C)CCCN(CC2CCCCC2)CC1. The second kappa shape index (κ2) is 5.53. The van der Waals surface area contributed by atoms with Crippen LogP contribution in [0.1, 0.15) is 65.2 Å². The van der Waals surface area contributed by atoms with Crippen molar-refractivity contribution in [2.45, 2.75) is 65.2 Å². The molecule has 16 heavy (non-hydrogen) atoms. The Bertz CT molecular complexity index is 203. The molecular formula is C15H29N. The van der Waals surface area contributed by atoms with Crippen LogP contribution in [0.25, 0.3) is 0 Å². The van der Waals surface area contributed by atoms with Crippen molar-refractivity contribution in [1.82, 2.24) is 4.90 Å². The Morgan fingerprint density at radius 3 is 2.44 bits per heavy atom. The lowest BCUT2D eigenvalue weighted by atomic mass is 9.85. The van der Waals surface area contributed by atoms with Gasteiger partial charge in [0.1, 0.15) is 0 Å². The van der Waals surface area contributed by atoms with E-state index in [0.29, 0.717) is 5.41 Å². The molecule has 94 valence electrons. The molecule has 1 aliphatic carbocycles. The van der Waals surface area contributed by atoms with E-state index in [1.165, 1.54) is 71.0 Å². The zero-order chi connectivity index (χ0) is 11.4. The third-order valence-corrected chi connectivity index (χ3v) is 4.67. The Hall–Kier alpha value is -0.0400. The van der Waals surface area contributed by atoms with Crippen LogP contribution in [0.4, 0.5) is 0 Å². The van der Waals surface area contributed by atoms with Crippen molar-refractivity contribution < 1.29 is 0 Å². The third-order valence-electron chi connectivity index (χ3n) is 4.67. The quantitative estimate of drug-likeness (QED) is 0.682. The minimum absolute atomic E-state index is 0.599. The molecule has 2 fully saturated rings. The maximum absolute atomic E-state index is 2.75. The van der Waals surface area contributed by atoms with Gasteiger partial charge in [0.25, 0.3) is 0 Å². The summed E-state index contributed by atoms with van der Waals surface area (Å²) < 4.78 is 0. The van der Waals surface area contributed by atoms with Crippen LogP contribution >= 0.6 is 0 Å². The van der Waals surface area contributed by atoms with Crippen molar-refractivity contribution in [3.8, 4) is 0 Å². The van der Waals surface area contributed by atoms with Gasteiger partial charge in [-0.1, -0.05) is 33.1 Å². The van der Waals surface area contributed by atoms with Gasteiger partial charge in [0, 0.05) is 6.54 Å². The summed E-state index contributed by atoms with van der Waals surface area (Å²) in [7, 11) is 0. The average molecular weight is 223 g/mol. The predicted octanol–water partition coefficient (Wildman–Crippen LogP) is 4.08. The molecular weight excluding hydrogens is 194 g/mol. The van der Waals surface area contributed by atoms with Crippen molar-refractivity contribution in [3.05, 3.63) is 0 Å². The molecule has 1 saturated heterocycles. The Morgan fingerprint density at radius 1 is 0.938 bits per heavy atom. The monoisotopic (exact) mass is 223 g/mol. The second-order valence-corrected chi connectivity index (χ2v) is 6.82. The van der Waals surface area contributed by atoms with Crippen molar-refractivity contribution in [3.63, 3.8) is 0 Å². The van der Waals surface area contributed by atoms with Crippen LogP contribution in [0, 0.1) is 11.3 Å². The predicted molar refractivity (Wildman–Crippen MR) is 70.6 cm³/mol. The van der Waals surface area contributed by atoms with Gasteiger partial charge >= 0.3 is 0 Å². The van der Waals surface area contributed by atoms with Gasteiger partial charge in [-0.3, -0.25) is 0 Å². The fraction of sp³-hybridized carbons (Fsp3) is 1.00. The summed E-state index contributed by atoms with van der Waals surface area (Å²) in [5.41, 5.74) is 0.599. The van der Waals surface area contributed by atoms with E-state index in [1.807, 2.05) is 0 Å². The van der Waals surface area contributed by atoms with Gasteiger partial charge in [0.15, 0.2) is 0 Å². The highest BCUT2D eigenvalue weighted by atomic mass is 15.1. The van der Waals surface area contributed by atoms with Crippen LogP contribution in [0.2, 0.25) is 0 Å². The molecule has 0 bridgehead atoms. The molecule has 2 rings (SSSR count). The number of hydrogen-bond donors (Lipinski definition) is 0. The van der Waals surface area contributed by atoms with Crippen LogP contribution < -0.4 is 0 Å². The summed E-state index contributed by atoms with van der Waals surface area (Å²) in [4.78, 5) is 2.75. The molecule has 0 N–H and O–H groups in total. The minimum Gasteiger partial charge on any atom is -0.303 e. The Labute approximate surface area is 102 Å². The molecule has 0 aromatic rings. The van der Waals surface area contributed by atoms with Gasteiger partial charge in [-0.2, -0.15) is 0 Å². The molecule has 0 amide bonds. The van der Waals surface area contributed by atoms with E-state index in [1.54, 1.807) is 0 Å². The highest BCUT2D eigenvalue weighted by Crippen LogP contribution is 2.31. The molecule has 0 spiro atoms. The van der Waals surface area contributed by atoms with Gasteiger partial charge in [-0.15, -0.1) is 0 Å². The fourth-order valence-corrected chi connectivity index (χ4v) is 3.40. The van der Waals surface area contributed by atoms with Gasteiger partial charge in [-0.05, 0) is 56.5 Å². The van der Waals surface area contributed by atoms with E-state index < -0.39 is 0 Å². The van der Waals surface area contributed by atoms with E-state index in [2.05, 4.69) is 18.7 Å². The fourth-order valence-electron chi connectivity index (χ4n) is 3.40. The van der Waals surface area contributed by atoms with Crippen LogP contribution in [-0.2, 0) is 0 Å². The van der Waals surface area contributed by atoms with Crippen LogP contribution in [0.15, 0.2) is 0 Å². The molecule has 1 saturated carbocycles. The smallest absolute Gasteiger partial charge is 0.000966 e. The largest absolute Gasteiger partial charge is 0.303 e. The first-order chi connectivity index (χ1) is 7.66. The Balaban J connectivity index is 1.76. The van der Waals surface area contributed by atoms with E-state index in [9.17, 15) is 0 Å². The molecule has 1 heteroatoms. The number of nitrogens with zero attached hydrogens (tertiary/aromatic N) is 1. The first-order valence-electron chi connectivity index (χ1n) is 7.38. The van der Waals surface area contributed by atoms with Crippen LogP contribution in [0.3, 0.4) is 0 Å². The van der Waals surface area contributed by atoms with Gasteiger partial charge in [-0.25, -0.2) is 0 Å². The first-order valence-corrected chi connectivity index (χ1v) is 7.38.